The number of hydrogen-bond donors (Lipinski definition) is 2. The summed E-state index contributed by atoms with van der Waals surface area (Å²) >= 11 is 0. The van der Waals surface area contributed by atoms with Gasteiger partial charge in [0.2, 0.25) is 0 Å². The zero-order valence-electron chi connectivity index (χ0n) is 8.30. The van der Waals surface area contributed by atoms with Crippen molar-refractivity contribution in [1.29, 1.82) is 0 Å². The van der Waals surface area contributed by atoms with Gasteiger partial charge in [0.05, 0.1) is 12.7 Å². The second kappa shape index (κ2) is 5.58. The minimum absolute atomic E-state index is 0.0181. The van der Waals surface area contributed by atoms with Gasteiger partial charge in [-0.15, -0.1) is 0 Å². The molecule has 76 valence electrons. The topological polar surface area (TPSA) is 40.5 Å². The predicted octanol–water partition coefficient (Wildman–Crippen LogP) is 1.90. The summed E-state index contributed by atoms with van der Waals surface area (Å²) in [5.41, 5.74) is 0.905. The molecule has 2 heteroatoms. The summed E-state index contributed by atoms with van der Waals surface area (Å²) in [6, 6.07) is 9.52. The second-order valence-corrected chi connectivity index (χ2v) is 3.33. The van der Waals surface area contributed by atoms with E-state index in [1.165, 1.54) is 0 Å². The monoisotopic (exact) mass is 192 g/mol. The van der Waals surface area contributed by atoms with E-state index in [1.807, 2.05) is 43.3 Å². The van der Waals surface area contributed by atoms with Crippen molar-refractivity contribution in [2.75, 3.05) is 6.61 Å². The van der Waals surface area contributed by atoms with Crippen molar-refractivity contribution in [3.63, 3.8) is 0 Å². The van der Waals surface area contributed by atoms with Crippen LogP contribution in [0.15, 0.2) is 42.5 Å². The first-order valence-corrected chi connectivity index (χ1v) is 4.76. The molecular formula is C12H16O2. The zero-order chi connectivity index (χ0) is 10.4. The third-order valence-electron chi connectivity index (χ3n) is 2.18. The Balaban J connectivity index is 2.65. The maximum absolute atomic E-state index is 9.88. The van der Waals surface area contributed by atoms with Crippen LogP contribution in [-0.4, -0.2) is 16.8 Å². The van der Waals surface area contributed by atoms with Crippen LogP contribution in [-0.2, 0) is 0 Å². The van der Waals surface area contributed by atoms with Gasteiger partial charge in [-0.05, 0) is 5.56 Å². The average molecular weight is 192 g/mol. The van der Waals surface area contributed by atoms with Gasteiger partial charge < -0.3 is 10.2 Å². The molecule has 0 spiro atoms. The van der Waals surface area contributed by atoms with Gasteiger partial charge in [0.15, 0.2) is 0 Å². The Labute approximate surface area is 84.5 Å². The van der Waals surface area contributed by atoms with Crippen molar-refractivity contribution >= 4 is 0 Å². The van der Waals surface area contributed by atoms with Crippen LogP contribution in [0.2, 0.25) is 0 Å². The van der Waals surface area contributed by atoms with Gasteiger partial charge in [-0.25, -0.2) is 0 Å². The first kappa shape index (κ1) is 11.0. The van der Waals surface area contributed by atoms with Crippen LogP contribution in [0.25, 0.3) is 0 Å². The molecule has 0 aromatic heterocycles. The van der Waals surface area contributed by atoms with E-state index in [9.17, 15) is 5.11 Å². The third kappa shape index (κ3) is 2.98. The van der Waals surface area contributed by atoms with E-state index in [0.717, 1.165) is 5.56 Å². The fraction of sp³-hybridized carbons (Fsp3) is 0.333. The minimum Gasteiger partial charge on any atom is -0.392 e. The summed E-state index contributed by atoms with van der Waals surface area (Å²) in [6.45, 7) is 1.94. The van der Waals surface area contributed by atoms with E-state index >= 15 is 0 Å². The summed E-state index contributed by atoms with van der Waals surface area (Å²) in [5.74, 6) is 0.0181. The summed E-state index contributed by atoms with van der Waals surface area (Å²) in [7, 11) is 0. The molecule has 2 atom stereocenters. The van der Waals surface area contributed by atoms with Crippen molar-refractivity contribution in [3.8, 4) is 0 Å². The summed E-state index contributed by atoms with van der Waals surface area (Å²) in [4.78, 5) is 0. The Morgan fingerprint density at radius 2 is 1.93 bits per heavy atom. The van der Waals surface area contributed by atoms with Gasteiger partial charge in [0.1, 0.15) is 0 Å². The second-order valence-electron chi connectivity index (χ2n) is 3.33. The van der Waals surface area contributed by atoms with E-state index < -0.39 is 6.10 Å². The van der Waals surface area contributed by atoms with E-state index in [-0.39, 0.29) is 12.5 Å². The highest BCUT2D eigenvalue weighted by atomic mass is 16.3. The standard InChI is InChI=1S/C12H16O2/c1-10(6-5-9-13)12(14)11-7-3-2-4-8-11/h2-8,10,12-14H,9H2,1H3/b6-5+. The Kier molecular flexibility index (Phi) is 4.36. The summed E-state index contributed by atoms with van der Waals surface area (Å²) < 4.78 is 0. The fourth-order valence-electron chi connectivity index (χ4n) is 1.33. The van der Waals surface area contributed by atoms with Crippen LogP contribution >= 0.6 is 0 Å². The van der Waals surface area contributed by atoms with E-state index in [1.54, 1.807) is 6.08 Å². The number of aliphatic hydroxyl groups is 2. The minimum atomic E-state index is -0.501. The van der Waals surface area contributed by atoms with Crippen molar-refractivity contribution in [2.24, 2.45) is 5.92 Å². The lowest BCUT2D eigenvalue weighted by Crippen LogP contribution is -2.06. The Hall–Kier alpha value is -1.12. The first-order valence-electron chi connectivity index (χ1n) is 4.76. The molecule has 0 amide bonds. The molecule has 0 saturated carbocycles. The van der Waals surface area contributed by atoms with Gasteiger partial charge >= 0.3 is 0 Å². The zero-order valence-corrected chi connectivity index (χ0v) is 8.30. The largest absolute Gasteiger partial charge is 0.392 e. The lowest BCUT2D eigenvalue weighted by molar-refractivity contribution is 0.139. The lowest BCUT2D eigenvalue weighted by atomic mass is 9.97. The molecule has 2 N–H and O–H groups in total. The van der Waals surface area contributed by atoms with Gasteiger partial charge in [0, 0.05) is 5.92 Å². The van der Waals surface area contributed by atoms with E-state index in [4.69, 9.17) is 5.11 Å². The molecule has 0 heterocycles. The predicted molar refractivity (Wildman–Crippen MR) is 56.8 cm³/mol. The van der Waals surface area contributed by atoms with Crippen LogP contribution < -0.4 is 0 Å². The number of hydrogen-bond acceptors (Lipinski definition) is 2. The van der Waals surface area contributed by atoms with E-state index in [0.29, 0.717) is 0 Å². The lowest BCUT2D eigenvalue weighted by Gasteiger charge is -2.15. The molecule has 0 aliphatic rings. The maximum atomic E-state index is 9.88. The quantitative estimate of drug-likeness (QED) is 0.715. The molecule has 0 bridgehead atoms. The number of aliphatic hydroxyl groups excluding tert-OH is 2. The molecule has 0 fully saturated rings. The molecule has 2 nitrogen and oxygen atoms in total. The van der Waals surface area contributed by atoms with E-state index in [2.05, 4.69) is 0 Å². The third-order valence-corrected chi connectivity index (χ3v) is 2.18. The van der Waals surface area contributed by atoms with Gasteiger partial charge in [-0.2, -0.15) is 0 Å². The first-order chi connectivity index (χ1) is 6.75. The van der Waals surface area contributed by atoms with Crippen molar-refractivity contribution in [2.45, 2.75) is 13.0 Å². The highest BCUT2D eigenvalue weighted by Crippen LogP contribution is 2.21. The highest BCUT2D eigenvalue weighted by molar-refractivity contribution is 5.18. The molecule has 0 aliphatic heterocycles. The number of rotatable bonds is 4. The molecular weight excluding hydrogens is 176 g/mol. The smallest absolute Gasteiger partial charge is 0.0849 e. The number of benzene rings is 1. The molecule has 1 aromatic carbocycles. The van der Waals surface area contributed by atoms with Gasteiger partial charge in [0.25, 0.3) is 0 Å². The fourth-order valence-corrected chi connectivity index (χ4v) is 1.33. The van der Waals surface area contributed by atoms with Crippen LogP contribution in [0.3, 0.4) is 0 Å². The molecule has 0 aliphatic carbocycles. The van der Waals surface area contributed by atoms with Crippen LogP contribution in [0.4, 0.5) is 0 Å². The van der Waals surface area contributed by atoms with Crippen LogP contribution in [0.5, 0.6) is 0 Å². The summed E-state index contributed by atoms with van der Waals surface area (Å²) in [6.07, 6.45) is 2.97. The van der Waals surface area contributed by atoms with Crippen LogP contribution in [0, 0.1) is 5.92 Å². The van der Waals surface area contributed by atoms with Crippen molar-refractivity contribution in [3.05, 3.63) is 48.0 Å². The Morgan fingerprint density at radius 3 is 2.50 bits per heavy atom. The molecule has 14 heavy (non-hydrogen) atoms. The van der Waals surface area contributed by atoms with Gasteiger partial charge in [-0.1, -0.05) is 49.4 Å². The average Bonchev–Trinajstić information content (AvgIpc) is 2.26. The highest BCUT2D eigenvalue weighted by Gasteiger charge is 2.12. The van der Waals surface area contributed by atoms with Crippen LogP contribution in [0.1, 0.15) is 18.6 Å². The normalized spacial score (nSPS) is 15.6. The SMILES string of the molecule is CC(/C=C/CO)C(O)c1ccccc1. The molecule has 1 aromatic rings. The van der Waals surface area contributed by atoms with Crippen molar-refractivity contribution < 1.29 is 10.2 Å². The molecule has 2 unspecified atom stereocenters. The summed E-state index contributed by atoms with van der Waals surface area (Å²) in [5, 5.41) is 18.5. The molecule has 1 rings (SSSR count). The molecule has 0 saturated heterocycles. The van der Waals surface area contributed by atoms with Crippen molar-refractivity contribution in [1.82, 2.24) is 0 Å². The van der Waals surface area contributed by atoms with Gasteiger partial charge in [-0.3, -0.25) is 0 Å². The maximum Gasteiger partial charge on any atom is 0.0849 e. The Morgan fingerprint density at radius 1 is 1.29 bits per heavy atom. The Bertz CT molecular complexity index is 280. The molecule has 0 radical (unpaired) electrons.